The molecule has 2 unspecified atom stereocenters. The average molecular weight is 453 g/mol. The number of nitrogens with zero attached hydrogens (tertiary/aromatic N) is 1. The lowest BCUT2D eigenvalue weighted by molar-refractivity contribution is -0.125. The first-order valence-corrected chi connectivity index (χ1v) is 11.3. The molecule has 2 atom stereocenters. The van der Waals surface area contributed by atoms with Crippen molar-refractivity contribution in [3.05, 3.63) is 95.2 Å². The molecule has 0 radical (unpaired) electrons. The maximum Gasteiger partial charge on any atom is 0.255 e. The quantitative estimate of drug-likeness (QED) is 0.476. The smallest absolute Gasteiger partial charge is 0.255 e. The van der Waals surface area contributed by atoms with E-state index in [4.69, 9.17) is 9.47 Å². The van der Waals surface area contributed by atoms with Crippen LogP contribution in [-0.2, 0) is 11.3 Å². The number of benzene rings is 3. The van der Waals surface area contributed by atoms with Gasteiger partial charge in [-0.2, -0.15) is 0 Å². The molecule has 0 spiro atoms. The van der Waals surface area contributed by atoms with Crippen LogP contribution in [0.25, 0.3) is 10.9 Å². The third-order valence-electron chi connectivity index (χ3n) is 6.61. The summed E-state index contributed by atoms with van der Waals surface area (Å²) in [5, 5.41) is 4.02. The Bertz CT molecular complexity index is 1430. The molecule has 1 aromatic heterocycles. The van der Waals surface area contributed by atoms with Crippen LogP contribution in [0.3, 0.4) is 0 Å². The number of hydrogen-bond donors (Lipinski definition) is 2. The molecule has 2 amide bonds. The molecule has 0 fully saturated rings. The number of aromatic nitrogens is 1. The molecule has 0 bridgehead atoms. The van der Waals surface area contributed by atoms with E-state index in [0.717, 1.165) is 27.6 Å². The second-order valence-corrected chi connectivity index (χ2v) is 8.57. The molecule has 2 aliphatic rings. The van der Waals surface area contributed by atoms with Crippen LogP contribution in [-0.4, -0.2) is 34.5 Å². The van der Waals surface area contributed by atoms with E-state index >= 15 is 0 Å². The van der Waals surface area contributed by atoms with E-state index in [1.807, 2.05) is 72.9 Å². The molecule has 2 aliphatic heterocycles. The number of nitrogens with one attached hydrogen (secondary N) is 2. The molecule has 0 aliphatic carbocycles. The van der Waals surface area contributed by atoms with Crippen LogP contribution in [0.1, 0.15) is 40.0 Å². The highest BCUT2D eigenvalue weighted by Crippen LogP contribution is 2.42. The fourth-order valence-corrected chi connectivity index (χ4v) is 4.89. The van der Waals surface area contributed by atoms with Gasteiger partial charge in [-0.3, -0.25) is 9.59 Å². The highest BCUT2D eigenvalue weighted by Gasteiger charge is 2.42. The Labute approximate surface area is 196 Å². The van der Waals surface area contributed by atoms with Gasteiger partial charge < -0.3 is 24.7 Å². The molecular weight excluding hydrogens is 430 g/mol. The standard InChI is InChI=1S/C27H23N3O4/c1-16(26(31)29-13-17-10-11-23-24(12-17)34-15-33-23)30-25(19-7-2-3-8-20(19)27(30)32)21-14-28-22-9-5-4-6-18(21)22/h2-12,14,16,25,28H,13,15H2,1H3,(H,29,31). The van der Waals surface area contributed by atoms with Gasteiger partial charge in [0.2, 0.25) is 12.7 Å². The van der Waals surface area contributed by atoms with Crippen molar-refractivity contribution in [1.82, 2.24) is 15.2 Å². The van der Waals surface area contributed by atoms with Crippen molar-refractivity contribution in [1.29, 1.82) is 0 Å². The molecule has 0 saturated heterocycles. The Morgan fingerprint density at radius 3 is 2.76 bits per heavy atom. The maximum atomic E-state index is 13.5. The molecule has 0 saturated carbocycles. The zero-order valence-electron chi connectivity index (χ0n) is 18.6. The minimum Gasteiger partial charge on any atom is -0.454 e. The van der Waals surface area contributed by atoms with Crippen molar-refractivity contribution >= 4 is 22.7 Å². The molecule has 3 aromatic carbocycles. The van der Waals surface area contributed by atoms with Gasteiger partial charge in [-0.15, -0.1) is 0 Å². The number of amides is 2. The minimum atomic E-state index is -0.674. The number of hydrogen-bond acceptors (Lipinski definition) is 4. The Kier molecular flexibility index (Phi) is 4.76. The lowest BCUT2D eigenvalue weighted by Gasteiger charge is -2.30. The highest BCUT2D eigenvalue weighted by molar-refractivity contribution is 6.03. The van der Waals surface area contributed by atoms with Crippen LogP contribution in [0, 0.1) is 0 Å². The lowest BCUT2D eigenvalue weighted by Crippen LogP contribution is -2.46. The fourth-order valence-electron chi connectivity index (χ4n) is 4.89. The largest absolute Gasteiger partial charge is 0.454 e. The average Bonchev–Trinajstić information content (AvgIpc) is 3.58. The van der Waals surface area contributed by atoms with Gasteiger partial charge in [0, 0.05) is 34.8 Å². The molecular formula is C27H23N3O4. The maximum absolute atomic E-state index is 13.5. The molecule has 6 rings (SSSR count). The summed E-state index contributed by atoms with van der Waals surface area (Å²) < 4.78 is 10.8. The van der Waals surface area contributed by atoms with Crippen molar-refractivity contribution in [2.24, 2.45) is 0 Å². The lowest BCUT2D eigenvalue weighted by atomic mass is 9.97. The van der Waals surface area contributed by atoms with Crippen LogP contribution < -0.4 is 14.8 Å². The van der Waals surface area contributed by atoms with Gasteiger partial charge in [0.1, 0.15) is 6.04 Å². The third-order valence-corrected chi connectivity index (χ3v) is 6.61. The molecule has 3 heterocycles. The first-order chi connectivity index (χ1) is 16.6. The number of rotatable bonds is 5. The van der Waals surface area contributed by atoms with E-state index in [1.165, 1.54) is 0 Å². The summed E-state index contributed by atoms with van der Waals surface area (Å²) in [4.78, 5) is 31.7. The van der Waals surface area contributed by atoms with Crippen LogP contribution >= 0.6 is 0 Å². The number of para-hydroxylation sites is 1. The number of carbonyl (C=O) groups excluding carboxylic acids is 2. The van der Waals surface area contributed by atoms with E-state index in [-0.39, 0.29) is 24.6 Å². The second kappa shape index (κ2) is 7.95. The Hall–Kier alpha value is -4.26. The van der Waals surface area contributed by atoms with Gasteiger partial charge in [0.05, 0.1) is 6.04 Å². The zero-order valence-corrected chi connectivity index (χ0v) is 18.6. The van der Waals surface area contributed by atoms with Crippen molar-refractivity contribution < 1.29 is 19.1 Å². The van der Waals surface area contributed by atoms with E-state index < -0.39 is 6.04 Å². The van der Waals surface area contributed by atoms with Crippen molar-refractivity contribution in [2.45, 2.75) is 25.6 Å². The monoisotopic (exact) mass is 453 g/mol. The summed E-state index contributed by atoms with van der Waals surface area (Å²) in [5.41, 5.74) is 4.41. The second-order valence-electron chi connectivity index (χ2n) is 8.57. The number of ether oxygens (including phenoxy) is 2. The Morgan fingerprint density at radius 1 is 1.06 bits per heavy atom. The number of fused-ring (bicyclic) bond motifs is 3. The highest BCUT2D eigenvalue weighted by atomic mass is 16.7. The van der Waals surface area contributed by atoms with Crippen LogP contribution in [0.5, 0.6) is 11.5 Å². The Morgan fingerprint density at radius 2 is 1.85 bits per heavy atom. The SMILES string of the molecule is CC(C(=O)NCc1ccc2c(c1)OCO2)N1C(=O)c2ccccc2C1c1c[nH]c2ccccc12. The van der Waals surface area contributed by atoms with E-state index in [9.17, 15) is 9.59 Å². The van der Waals surface area contributed by atoms with Gasteiger partial charge in [-0.25, -0.2) is 0 Å². The first-order valence-electron chi connectivity index (χ1n) is 11.3. The number of aromatic amines is 1. The number of carbonyl (C=O) groups is 2. The van der Waals surface area contributed by atoms with E-state index in [2.05, 4.69) is 10.3 Å². The molecule has 7 nitrogen and oxygen atoms in total. The summed E-state index contributed by atoms with van der Waals surface area (Å²) in [6, 6.07) is 20.1. The summed E-state index contributed by atoms with van der Waals surface area (Å²) in [6.07, 6.45) is 1.94. The fraction of sp³-hybridized carbons (Fsp3) is 0.185. The van der Waals surface area contributed by atoms with Gasteiger partial charge in [-0.05, 0) is 42.3 Å². The molecule has 7 heteroatoms. The van der Waals surface area contributed by atoms with Gasteiger partial charge >= 0.3 is 0 Å². The zero-order chi connectivity index (χ0) is 23.2. The van der Waals surface area contributed by atoms with Crippen molar-refractivity contribution in [2.75, 3.05) is 6.79 Å². The van der Waals surface area contributed by atoms with Crippen molar-refractivity contribution in [3.8, 4) is 11.5 Å². The summed E-state index contributed by atoms with van der Waals surface area (Å²) in [7, 11) is 0. The van der Waals surface area contributed by atoms with Gasteiger partial charge in [-0.1, -0.05) is 42.5 Å². The predicted octanol–water partition coefficient (Wildman–Crippen LogP) is 4.15. The van der Waals surface area contributed by atoms with Crippen LogP contribution in [0.4, 0.5) is 0 Å². The predicted molar refractivity (Wildman–Crippen MR) is 127 cm³/mol. The van der Waals surface area contributed by atoms with Crippen LogP contribution in [0.2, 0.25) is 0 Å². The minimum absolute atomic E-state index is 0.142. The summed E-state index contributed by atoms with van der Waals surface area (Å²) in [6.45, 7) is 2.31. The molecule has 170 valence electrons. The van der Waals surface area contributed by atoms with E-state index in [0.29, 0.717) is 23.6 Å². The van der Waals surface area contributed by atoms with Gasteiger partial charge in [0.15, 0.2) is 11.5 Å². The number of H-pyrrole nitrogens is 1. The molecule has 34 heavy (non-hydrogen) atoms. The third kappa shape index (κ3) is 3.20. The van der Waals surface area contributed by atoms with Crippen LogP contribution in [0.15, 0.2) is 72.9 Å². The first kappa shape index (κ1) is 20.4. The molecule has 4 aromatic rings. The van der Waals surface area contributed by atoms with E-state index in [1.54, 1.807) is 11.8 Å². The Balaban J connectivity index is 1.30. The summed E-state index contributed by atoms with van der Waals surface area (Å²) >= 11 is 0. The topological polar surface area (TPSA) is 83.7 Å². The normalized spacial score (nSPS) is 17.1. The molecule has 2 N–H and O–H groups in total. The van der Waals surface area contributed by atoms with Crippen molar-refractivity contribution in [3.63, 3.8) is 0 Å². The van der Waals surface area contributed by atoms with Gasteiger partial charge in [0.25, 0.3) is 5.91 Å². The summed E-state index contributed by atoms with van der Waals surface area (Å²) in [5.74, 6) is 1.01.